The first-order valence-electron chi connectivity index (χ1n) is 6.93. The van der Waals surface area contributed by atoms with E-state index < -0.39 is 0 Å². The van der Waals surface area contributed by atoms with Crippen LogP contribution in [0, 0.1) is 0 Å². The maximum Gasteiger partial charge on any atom is 0.0700 e. The number of rotatable bonds is 5. The van der Waals surface area contributed by atoms with E-state index in [0.29, 0.717) is 6.04 Å². The Bertz CT molecular complexity index is 525. The molecule has 2 rings (SSSR count). The van der Waals surface area contributed by atoms with Crippen molar-refractivity contribution < 1.29 is 0 Å². The molecule has 102 valence electrons. The molecular weight excluding hydrogens is 234 g/mol. The maximum atomic E-state index is 4.50. The fourth-order valence-electron chi connectivity index (χ4n) is 2.31. The highest BCUT2D eigenvalue weighted by Gasteiger charge is 2.08. The van der Waals surface area contributed by atoms with E-state index in [-0.39, 0.29) is 0 Å². The molecule has 0 amide bonds. The van der Waals surface area contributed by atoms with Gasteiger partial charge < -0.3 is 5.32 Å². The molecular formula is C16H23N3. The molecule has 0 aliphatic rings. The Labute approximate surface area is 115 Å². The van der Waals surface area contributed by atoms with Crippen molar-refractivity contribution in [3.63, 3.8) is 0 Å². The largest absolute Gasteiger partial charge is 0.317 e. The van der Waals surface area contributed by atoms with Crippen LogP contribution in [0.25, 0.3) is 11.1 Å². The number of aromatic nitrogens is 2. The van der Waals surface area contributed by atoms with Gasteiger partial charge in [-0.3, -0.25) is 4.68 Å². The smallest absolute Gasteiger partial charge is 0.0700 e. The summed E-state index contributed by atoms with van der Waals surface area (Å²) in [6.45, 7) is 4.35. The number of hydrogen-bond acceptors (Lipinski definition) is 2. The first-order valence-corrected chi connectivity index (χ1v) is 6.93. The Morgan fingerprint density at radius 1 is 1.26 bits per heavy atom. The molecule has 19 heavy (non-hydrogen) atoms. The van der Waals surface area contributed by atoms with E-state index in [0.717, 1.165) is 12.8 Å². The van der Waals surface area contributed by atoms with Crippen LogP contribution in [0.1, 0.15) is 25.1 Å². The molecule has 0 aliphatic carbocycles. The Hall–Kier alpha value is -1.61. The second-order valence-corrected chi connectivity index (χ2v) is 5.11. The van der Waals surface area contributed by atoms with E-state index in [1.807, 2.05) is 18.8 Å². The molecule has 0 spiro atoms. The molecule has 0 bridgehead atoms. The first kappa shape index (κ1) is 13.8. The minimum Gasteiger partial charge on any atom is -0.317 e. The van der Waals surface area contributed by atoms with Crippen molar-refractivity contribution in [2.75, 3.05) is 7.05 Å². The second-order valence-electron chi connectivity index (χ2n) is 5.11. The van der Waals surface area contributed by atoms with Gasteiger partial charge in [-0.05, 0) is 37.9 Å². The molecule has 1 aromatic carbocycles. The van der Waals surface area contributed by atoms with Gasteiger partial charge in [0.15, 0.2) is 0 Å². The van der Waals surface area contributed by atoms with Crippen molar-refractivity contribution in [3.05, 3.63) is 41.7 Å². The lowest BCUT2D eigenvalue weighted by Crippen LogP contribution is -2.23. The summed E-state index contributed by atoms with van der Waals surface area (Å²) < 4.78 is 1.89. The minimum atomic E-state index is 0.510. The highest BCUT2D eigenvalue weighted by atomic mass is 15.2. The Balaban J connectivity index is 2.22. The zero-order valence-electron chi connectivity index (χ0n) is 12.3. The highest BCUT2D eigenvalue weighted by Crippen LogP contribution is 2.23. The summed E-state index contributed by atoms with van der Waals surface area (Å²) in [5, 5.41) is 7.76. The van der Waals surface area contributed by atoms with Gasteiger partial charge in [-0.2, -0.15) is 5.10 Å². The van der Waals surface area contributed by atoms with Crippen LogP contribution in [0.2, 0.25) is 0 Å². The number of likely N-dealkylation sites (N-methyl/N-ethyl adjacent to an activating group) is 1. The van der Waals surface area contributed by atoms with Crippen LogP contribution in [0.5, 0.6) is 0 Å². The zero-order valence-corrected chi connectivity index (χ0v) is 12.3. The van der Waals surface area contributed by atoms with Gasteiger partial charge in [0.25, 0.3) is 0 Å². The number of benzene rings is 1. The molecule has 1 atom stereocenters. The lowest BCUT2D eigenvalue weighted by atomic mass is 10.0. The van der Waals surface area contributed by atoms with Gasteiger partial charge in [-0.1, -0.05) is 31.2 Å². The number of nitrogens with zero attached hydrogens (tertiary/aromatic N) is 2. The standard InChI is InChI=1S/C16H23N3/c1-5-16-15(11-19(4)18-16)14-8-6-13(7-9-14)10-12(2)17-3/h6-9,11-12,17H,5,10H2,1-4H3. The summed E-state index contributed by atoms with van der Waals surface area (Å²) in [4.78, 5) is 0. The molecule has 0 saturated heterocycles. The monoisotopic (exact) mass is 257 g/mol. The summed E-state index contributed by atoms with van der Waals surface area (Å²) in [6, 6.07) is 9.35. The van der Waals surface area contributed by atoms with Gasteiger partial charge in [0, 0.05) is 24.8 Å². The predicted octanol–water partition coefficient (Wildman–Crippen LogP) is 2.80. The minimum absolute atomic E-state index is 0.510. The normalized spacial score (nSPS) is 12.6. The van der Waals surface area contributed by atoms with E-state index in [9.17, 15) is 0 Å². The van der Waals surface area contributed by atoms with Gasteiger partial charge in [-0.25, -0.2) is 0 Å². The van der Waals surface area contributed by atoms with Crippen LogP contribution in [-0.4, -0.2) is 22.9 Å². The molecule has 1 unspecified atom stereocenters. The molecule has 1 heterocycles. The van der Waals surface area contributed by atoms with E-state index >= 15 is 0 Å². The van der Waals surface area contributed by atoms with Crippen molar-refractivity contribution in [1.29, 1.82) is 0 Å². The fourth-order valence-corrected chi connectivity index (χ4v) is 2.31. The number of nitrogens with one attached hydrogen (secondary N) is 1. The average molecular weight is 257 g/mol. The molecule has 0 saturated carbocycles. The SMILES string of the molecule is CCc1nn(C)cc1-c1ccc(CC(C)NC)cc1. The number of hydrogen-bond donors (Lipinski definition) is 1. The second kappa shape index (κ2) is 6.02. The van der Waals surface area contributed by atoms with Gasteiger partial charge in [0.2, 0.25) is 0 Å². The Morgan fingerprint density at radius 2 is 1.95 bits per heavy atom. The number of aryl methyl sites for hydroxylation is 2. The lowest BCUT2D eigenvalue weighted by Gasteiger charge is -2.10. The molecule has 1 N–H and O–H groups in total. The van der Waals surface area contributed by atoms with Crippen molar-refractivity contribution in [1.82, 2.24) is 15.1 Å². The third-order valence-electron chi connectivity index (χ3n) is 3.54. The van der Waals surface area contributed by atoms with E-state index in [2.05, 4.69) is 54.7 Å². The topological polar surface area (TPSA) is 29.9 Å². The summed E-state index contributed by atoms with van der Waals surface area (Å²) in [7, 11) is 3.98. The van der Waals surface area contributed by atoms with Crippen LogP contribution >= 0.6 is 0 Å². The summed E-state index contributed by atoms with van der Waals surface area (Å²) >= 11 is 0. The van der Waals surface area contributed by atoms with Crippen LogP contribution in [-0.2, 0) is 19.9 Å². The third-order valence-corrected chi connectivity index (χ3v) is 3.54. The highest BCUT2D eigenvalue weighted by molar-refractivity contribution is 5.65. The Morgan fingerprint density at radius 3 is 2.53 bits per heavy atom. The van der Waals surface area contributed by atoms with E-state index in [1.54, 1.807) is 0 Å². The zero-order chi connectivity index (χ0) is 13.8. The van der Waals surface area contributed by atoms with Gasteiger partial charge in [-0.15, -0.1) is 0 Å². The average Bonchev–Trinajstić information content (AvgIpc) is 2.80. The fraction of sp³-hybridized carbons (Fsp3) is 0.438. The van der Waals surface area contributed by atoms with Gasteiger partial charge >= 0.3 is 0 Å². The molecule has 0 radical (unpaired) electrons. The molecule has 3 nitrogen and oxygen atoms in total. The van der Waals surface area contributed by atoms with Crippen LogP contribution in [0.15, 0.2) is 30.5 Å². The predicted molar refractivity (Wildman–Crippen MR) is 80.2 cm³/mol. The van der Waals surface area contributed by atoms with Crippen LogP contribution in [0.4, 0.5) is 0 Å². The van der Waals surface area contributed by atoms with Gasteiger partial charge in [0.05, 0.1) is 5.69 Å². The third kappa shape index (κ3) is 3.24. The summed E-state index contributed by atoms with van der Waals surface area (Å²) in [5.74, 6) is 0. The molecule has 0 fully saturated rings. The Kier molecular flexibility index (Phi) is 4.38. The van der Waals surface area contributed by atoms with Crippen molar-refractivity contribution in [2.24, 2.45) is 7.05 Å². The molecule has 2 aromatic rings. The first-order chi connectivity index (χ1) is 9.13. The van der Waals surface area contributed by atoms with Crippen molar-refractivity contribution in [3.8, 4) is 11.1 Å². The summed E-state index contributed by atoms with van der Waals surface area (Å²) in [6.07, 6.45) is 4.13. The maximum absolute atomic E-state index is 4.50. The summed E-state index contributed by atoms with van der Waals surface area (Å²) in [5.41, 5.74) is 5.04. The van der Waals surface area contributed by atoms with Crippen molar-refractivity contribution >= 4 is 0 Å². The molecule has 0 aliphatic heterocycles. The lowest BCUT2D eigenvalue weighted by molar-refractivity contribution is 0.608. The van der Waals surface area contributed by atoms with E-state index in [1.165, 1.54) is 22.4 Å². The van der Waals surface area contributed by atoms with Crippen LogP contribution < -0.4 is 5.32 Å². The molecule has 1 aromatic heterocycles. The molecule has 3 heteroatoms. The van der Waals surface area contributed by atoms with Crippen LogP contribution in [0.3, 0.4) is 0 Å². The van der Waals surface area contributed by atoms with Gasteiger partial charge in [0.1, 0.15) is 0 Å². The quantitative estimate of drug-likeness (QED) is 0.892. The van der Waals surface area contributed by atoms with E-state index in [4.69, 9.17) is 0 Å². The van der Waals surface area contributed by atoms with Crippen molar-refractivity contribution in [2.45, 2.75) is 32.7 Å².